The van der Waals surface area contributed by atoms with Crippen LogP contribution in [0.2, 0.25) is 0 Å². The lowest BCUT2D eigenvalue weighted by atomic mass is 10.1. The molecule has 2 amide bonds. The maximum atomic E-state index is 13.6. The number of carbonyl (C=O) groups excluding carboxylic acids is 2. The van der Waals surface area contributed by atoms with Crippen molar-refractivity contribution in [3.8, 4) is 17.2 Å². The fourth-order valence-electron chi connectivity index (χ4n) is 2.22. The third-order valence-electron chi connectivity index (χ3n) is 3.48. The molecule has 138 valence electrons. The summed E-state index contributed by atoms with van der Waals surface area (Å²) in [5, 5.41) is 2.62. The van der Waals surface area contributed by atoms with Crippen LogP contribution < -0.4 is 25.3 Å². The van der Waals surface area contributed by atoms with E-state index >= 15 is 0 Å². The highest BCUT2D eigenvalue weighted by molar-refractivity contribution is 5.95. The Balaban J connectivity index is 2.21. The van der Waals surface area contributed by atoms with E-state index in [-0.39, 0.29) is 36.0 Å². The molecule has 0 spiro atoms. The quantitative estimate of drug-likeness (QED) is 0.744. The first-order valence-electron chi connectivity index (χ1n) is 7.65. The van der Waals surface area contributed by atoms with Crippen molar-refractivity contribution in [2.45, 2.75) is 6.54 Å². The van der Waals surface area contributed by atoms with Gasteiger partial charge in [0.1, 0.15) is 5.82 Å². The average molecular weight is 362 g/mol. The minimum Gasteiger partial charge on any atom is -0.493 e. The van der Waals surface area contributed by atoms with E-state index < -0.39 is 17.6 Å². The first-order chi connectivity index (χ1) is 12.5. The normalized spacial score (nSPS) is 10.1. The van der Waals surface area contributed by atoms with Gasteiger partial charge >= 0.3 is 0 Å². The van der Waals surface area contributed by atoms with Gasteiger partial charge in [0.15, 0.2) is 18.1 Å². The molecule has 7 nitrogen and oxygen atoms in total. The number of methoxy groups -OCH3 is 2. The van der Waals surface area contributed by atoms with Crippen LogP contribution in [0.25, 0.3) is 0 Å². The van der Waals surface area contributed by atoms with E-state index in [2.05, 4.69) is 5.32 Å². The Morgan fingerprint density at radius 3 is 2.27 bits per heavy atom. The van der Waals surface area contributed by atoms with Crippen molar-refractivity contribution in [1.82, 2.24) is 5.32 Å². The molecule has 0 saturated heterocycles. The van der Waals surface area contributed by atoms with E-state index in [0.717, 1.165) is 0 Å². The number of ether oxygens (including phenoxy) is 3. The van der Waals surface area contributed by atoms with E-state index in [1.807, 2.05) is 0 Å². The SMILES string of the molecule is COc1cc(C(=O)NCc2ccccc2F)cc(OC)c1OCC(N)=O. The third-order valence-corrected chi connectivity index (χ3v) is 3.48. The number of primary amides is 1. The molecule has 0 unspecified atom stereocenters. The molecule has 0 fully saturated rings. The van der Waals surface area contributed by atoms with Gasteiger partial charge in [-0.15, -0.1) is 0 Å². The molecule has 0 aliphatic carbocycles. The number of halogens is 1. The predicted molar refractivity (Wildman–Crippen MR) is 91.8 cm³/mol. The van der Waals surface area contributed by atoms with Crippen LogP contribution in [0.4, 0.5) is 4.39 Å². The fraction of sp³-hybridized carbons (Fsp3) is 0.222. The Hall–Kier alpha value is -3.29. The summed E-state index contributed by atoms with van der Waals surface area (Å²) in [6, 6.07) is 9.00. The number of rotatable bonds is 8. The van der Waals surface area contributed by atoms with Crippen LogP contribution in [-0.2, 0) is 11.3 Å². The van der Waals surface area contributed by atoms with Crippen LogP contribution in [0.3, 0.4) is 0 Å². The number of carbonyl (C=O) groups is 2. The minimum absolute atomic E-state index is 0.0239. The summed E-state index contributed by atoms with van der Waals surface area (Å²) in [4.78, 5) is 23.3. The van der Waals surface area contributed by atoms with Gasteiger partial charge in [0, 0.05) is 17.7 Å². The van der Waals surface area contributed by atoms with Crippen molar-refractivity contribution in [2.75, 3.05) is 20.8 Å². The maximum absolute atomic E-state index is 13.6. The van der Waals surface area contributed by atoms with Gasteiger partial charge in [0.05, 0.1) is 14.2 Å². The second-order valence-corrected chi connectivity index (χ2v) is 5.24. The molecule has 0 heterocycles. The molecule has 0 aliphatic rings. The highest BCUT2D eigenvalue weighted by Gasteiger charge is 2.18. The van der Waals surface area contributed by atoms with E-state index in [9.17, 15) is 14.0 Å². The molecule has 26 heavy (non-hydrogen) atoms. The van der Waals surface area contributed by atoms with Gasteiger partial charge in [-0.2, -0.15) is 0 Å². The van der Waals surface area contributed by atoms with Crippen molar-refractivity contribution in [2.24, 2.45) is 5.73 Å². The number of hydrogen-bond donors (Lipinski definition) is 2. The number of nitrogens with one attached hydrogen (secondary N) is 1. The minimum atomic E-state index is -0.666. The third kappa shape index (κ3) is 4.62. The molecule has 2 rings (SSSR count). The van der Waals surface area contributed by atoms with Crippen LogP contribution in [0, 0.1) is 5.82 Å². The molecular formula is C18H19FN2O5. The zero-order valence-electron chi connectivity index (χ0n) is 14.4. The molecule has 0 aliphatic heterocycles. The molecule has 3 N–H and O–H groups in total. The molecular weight excluding hydrogens is 343 g/mol. The summed E-state index contributed by atoms with van der Waals surface area (Å²) in [5.74, 6) is -0.979. The monoisotopic (exact) mass is 362 g/mol. The summed E-state index contributed by atoms with van der Waals surface area (Å²) >= 11 is 0. The van der Waals surface area contributed by atoms with Crippen LogP contribution in [0.1, 0.15) is 15.9 Å². The summed E-state index contributed by atoms with van der Waals surface area (Å²) in [6.45, 7) is -0.346. The summed E-state index contributed by atoms with van der Waals surface area (Å²) in [6.07, 6.45) is 0. The second kappa shape index (κ2) is 8.70. The van der Waals surface area contributed by atoms with Crippen LogP contribution in [-0.4, -0.2) is 32.6 Å². The number of nitrogens with two attached hydrogens (primary N) is 1. The summed E-state index contributed by atoms with van der Waals surface area (Å²) < 4.78 is 29.3. The molecule has 0 saturated carbocycles. The lowest BCUT2D eigenvalue weighted by Gasteiger charge is -2.15. The molecule has 0 bridgehead atoms. The van der Waals surface area contributed by atoms with Gasteiger partial charge in [0.25, 0.3) is 11.8 Å². The lowest BCUT2D eigenvalue weighted by molar-refractivity contribution is -0.120. The van der Waals surface area contributed by atoms with Crippen molar-refractivity contribution >= 4 is 11.8 Å². The van der Waals surface area contributed by atoms with Gasteiger partial charge in [-0.05, 0) is 18.2 Å². The zero-order chi connectivity index (χ0) is 19.1. The Labute approximate surface area is 149 Å². The molecule has 0 aromatic heterocycles. The topological polar surface area (TPSA) is 99.9 Å². The Bertz CT molecular complexity index is 785. The first kappa shape index (κ1) is 19.0. The molecule has 0 atom stereocenters. The first-order valence-corrected chi connectivity index (χ1v) is 7.65. The van der Waals surface area contributed by atoms with Crippen molar-refractivity contribution in [3.63, 3.8) is 0 Å². The Kier molecular flexibility index (Phi) is 6.37. The predicted octanol–water partition coefficient (Wildman–Crippen LogP) is 1.64. The Morgan fingerprint density at radius 1 is 1.12 bits per heavy atom. The second-order valence-electron chi connectivity index (χ2n) is 5.24. The molecule has 8 heteroatoms. The fourth-order valence-corrected chi connectivity index (χ4v) is 2.22. The van der Waals surface area contributed by atoms with E-state index in [0.29, 0.717) is 5.56 Å². The number of benzene rings is 2. The standard InChI is InChI=1S/C18H19FN2O5/c1-24-14-7-12(8-15(25-2)17(14)26-10-16(20)22)18(23)21-9-11-5-3-4-6-13(11)19/h3-8H,9-10H2,1-2H3,(H2,20,22)(H,21,23). The zero-order valence-corrected chi connectivity index (χ0v) is 14.4. The molecule has 2 aromatic carbocycles. The number of hydrogen-bond acceptors (Lipinski definition) is 5. The molecule has 0 radical (unpaired) electrons. The lowest BCUT2D eigenvalue weighted by Crippen LogP contribution is -2.24. The molecule has 2 aromatic rings. The highest BCUT2D eigenvalue weighted by atomic mass is 19.1. The largest absolute Gasteiger partial charge is 0.493 e. The smallest absolute Gasteiger partial charge is 0.255 e. The van der Waals surface area contributed by atoms with Crippen LogP contribution >= 0.6 is 0 Å². The maximum Gasteiger partial charge on any atom is 0.255 e. The Morgan fingerprint density at radius 2 is 1.73 bits per heavy atom. The van der Waals surface area contributed by atoms with Gasteiger partial charge in [-0.3, -0.25) is 9.59 Å². The summed E-state index contributed by atoms with van der Waals surface area (Å²) in [7, 11) is 2.76. The van der Waals surface area contributed by atoms with Crippen molar-refractivity contribution in [3.05, 3.63) is 53.3 Å². The number of amides is 2. The van der Waals surface area contributed by atoms with Crippen LogP contribution in [0.5, 0.6) is 17.2 Å². The van der Waals surface area contributed by atoms with Crippen molar-refractivity contribution in [1.29, 1.82) is 0 Å². The van der Waals surface area contributed by atoms with Gasteiger partial charge in [-0.25, -0.2) is 4.39 Å². The van der Waals surface area contributed by atoms with E-state index in [4.69, 9.17) is 19.9 Å². The van der Waals surface area contributed by atoms with Gasteiger partial charge in [-0.1, -0.05) is 18.2 Å². The average Bonchev–Trinajstić information content (AvgIpc) is 2.64. The highest BCUT2D eigenvalue weighted by Crippen LogP contribution is 2.38. The van der Waals surface area contributed by atoms with E-state index in [1.54, 1.807) is 18.2 Å². The van der Waals surface area contributed by atoms with Gasteiger partial charge < -0.3 is 25.3 Å². The van der Waals surface area contributed by atoms with Crippen molar-refractivity contribution < 1.29 is 28.2 Å². The summed E-state index contributed by atoms with van der Waals surface area (Å²) in [5.41, 5.74) is 5.65. The van der Waals surface area contributed by atoms with Gasteiger partial charge in [0.2, 0.25) is 5.75 Å². The van der Waals surface area contributed by atoms with Crippen LogP contribution in [0.15, 0.2) is 36.4 Å². The van der Waals surface area contributed by atoms with E-state index in [1.165, 1.54) is 32.4 Å².